The SMILES string of the molecule is O=C(Cn1c(=O)n(CCc2ccccc2)c(=O)c2oc3ccccc3c21)N1CCCc2ccccc21. The van der Waals surface area contributed by atoms with Crippen LogP contribution in [0.25, 0.3) is 22.1 Å². The Bertz CT molecular complexity index is 1710. The minimum Gasteiger partial charge on any atom is -0.449 e. The van der Waals surface area contributed by atoms with Crippen LogP contribution in [-0.2, 0) is 30.7 Å². The van der Waals surface area contributed by atoms with E-state index in [4.69, 9.17) is 4.42 Å². The lowest BCUT2D eigenvalue weighted by Crippen LogP contribution is -2.44. The Kier molecular flexibility index (Phi) is 5.52. The van der Waals surface area contributed by atoms with Crippen LogP contribution >= 0.6 is 0 Å². The monoisotopic (exact) mass is 479 g/mol. The second kappa shape index (κ2) is 9.00. The molecule has 7 heteroatoms. The second-order valence-electron chi connectivity index (χ2n) is 9.11. The van der Waals surface area contributed by atoms with E-state index in [2.05, 4.69) is 0 Å². The lowest BCUT2D eigenvalue weighted by atomic mass is 10.0. The molecule has 0 N–H and O–H groups in total. The van der Waals surface area contributed by atoms with Gasteiger partial charge in [0.15, 0.2) is 0 Å². The molecular formula is C29H25N3O4. The number of hydrogen-bond acceptors (Lipinski definition) is 4. The summed E-state index contributed by atoms with van der Waals surface area (Å²) in [6, 6.07) is 24.8. The van der Waals surface area contributed by atoms with Crippen molar-refractivity contribution in [2.24, 2.45) is 0 Å². The minimum absolute atomic E-state index is 0.0932. The number of aryl methyl sites for hydroxylation is 2. The first-order valence-electron chi connectivity index (χ1n) is 12.2. The lowest BCUT2D eigenvalue weighted by Gasteiger charge is -2.29. The van der Waals surface area contributed by atoms with Gasteiger partial charge in [-0.2, -0.15) is 0 Å². The molecule has 5 aromatic rings. The topological polar surface area (TPSA) is 77.5 Å². The summed E-state index contributed by atoms with van der Waals surface area (Å²) in [6.07, 6.45) is 2.29. The van der Waals surface area contributed by atoms with E-state index in [0.717, 1.165) is 29.7 Å². The number of furan rings is 1. The number of anilines is 1. The quantitative estimate of drug-likeness (QED) is 0.380. The predicted molar refractivity (Wildman–Crippen MR) is 140 cm³/mol. The lowest BCUT2D eigenvalue weighted by molar-refractivity contribution is -0.119. The van der Waals surface area contributed by atoms with E-state index >= 15 is 0 Å². The number of amides is 1. The highest BCUT2D eigenvalue weighted by molar-refractivity contribution is 6.03. The van der Waals surface area contributed by atoms with Gasteiger partial charge in [-0.3, -0.25) is 18.7 Å². The zero-order valence-corrected chi connectivity index (χ0v) is 19.7. The minimum atomic E-state index is -0.506. The molecule has 0 aliphatic carbocycles. The summed E-state index contributed by atoms with van der Waals surface area (Å²) in [5.74, 6) is -0.191. The number of carbonyl (C=O) groups is 1. The maximum absolute atomic E-state index is 13.7. The molecule has 2 aromatic heterocycles. The van der Waals surface area contributed by atoms with E-state index in [9.17, 15) is 14.4 Å². The fourth-order valence-corrected chi connectivity index (χ4v) is 5.14. The van der Waals surface area contributed by atoms with Gasteiger partial charge in [-0.05, 0) is 48.6 Å². The number of rotatable bonds is 5. The molecule has 0 spiro atoms. The Morgan fingerprint density at radius 3 is 2.47 bits per heavy atom. The molecule has 1 aliphatic rings. The van der Waals surface area contributed by atoms with Crippen molar-refractivity contribution in [2.75, 3.05) is 11.4 Å². The molecule has 0 unspecified atom stereocenters. The van der Waals surface area contributed by atoms with Gasteiger partial charge in [0.05, 0.1) is 0 Å². The van der Waals surface area contributed by atoms with Crippen molar-refractivity contribution >= 4 is 33.7 Å². The van der Waals surface area contributed by atoms with Crippen LogP contribution in [0.2, 0.25) is 0 Å². The summed E-state index contributed by atoms with van der Waals surface area (Å²) in [4.78, 5) is 42.5. The molecule has 1 aliphatic heterocycles. The largest absolute Gasteiger partial charge is 0.449 e. The first-order chi connectivity index (χ1) is 17.6. The first-order valence-corrected chi connectivity index (χ1v) is 12.2. The maximum Gasteiger partial charge on any atom is 0.332 e. The molecule has 0 saturated heterocycles. The summed E-state index contributed by atoms with van der Waals surface area (Å²) in [5, 5.41) is 0.642. The fourth-order valence-electron chi connectivity index (χ4n) is 5.14. The molecule has 180 valence electrons. The number of carbonyl (C=O) groups excluding carboxylic acids is 1. The number of nitrogens with zero attached hydrogens (tertiary/aromatic N) is 3. The van der Waals surface area contributed by atoms with Crippen molar-refractivity contribution in [1.29, 1.82) is 0 Å². The predicted octanol–water partition coefficient (Wildman–Crippen LogP) is 4.13. The molecule has 0 bridgehead atoms. The number of para-hydroxylation sites is 2. The number of benzene rings is 3. The van der Waals surface area contributed by atoms with Gasteiger partial charge in [0.2, 0.25) is 11.5 Å². The zero-order chi connectivity index (χ0) is 24.6. The first kappa shape index (κ1) is 22.1. The van der Waals surface area contributed by atoms with Crippen LogP contribution < -0.4 is 16.1 Å². The Balaban J connectivity index is 1.47. The van der Waals surface area contributed by atoms with Crippen LogP contribution in [-0.4, -0.2) is 21.6 Å². The number of hydrogen-bond donors (Lipinski definition) is 0. The van der Waals surface area contributed by atoms with E-state index in [1.807, 2.05) is 72.8 Å². The van der Waals surface area contributed by atoms with Gasteiger partial charge >= 0.3 is 5.69 Å². The Hall–Kier alpha value is -4.39. The standard InChI is InChI=1S/C29H25N3O4/c33-25(30-17-8-12-21-11-4-6-14-23(21)30)19-32-26-22-13-5-7-15-24(22)36-27(26)28(34)31(29(32)35)18-16-20-9-2-1-3-10-20/h1-7,9-11,13-15H,8,12,16-19H2. The normalized spacial score (nSPS) is 13.3. The van der Waals surface area contributed by atoms with Gasteiger partial charge < -0.3 is 9.32 Å². The van der Waals surface area contributed by atoms with Crippen molar-refractivity contribution < 1.29 is 9.21 Å². The summed E-state index contributed by atoms with van der Waals surface area (Å²) >= 11 is 0. The zero-order valence-electron chi connectivity index (χ0n) is 19.7. The van der Waals surface area contributed by atoms with Crippen molar-refractivity contribution in [3.63, 3.8) is 0 Å². The fraction of sp³-hybridized carbons (Fsp3) is 0.207. The molecule has 3 heterocycles. The molecule has 3 aromatic carbocycles. The van der Waals surface area contributed by atoms with Gasteiger partial charge in [0, 0.05) is 24.2 Å². The van der Waals surface area contributed by atoms with Crippen LogP contribution in [0.3, 0.4) is 0 Å². The summed E-state index contributed by atoms with van der Waals surface area (Å²) in [6.45, 7) is 0.599. The van der Waals surface area contributed by atoms with Gasteiger partial charge in [0.25, 0.3) is 5.56 Å². The Labute approximate surface area is 206 Å². The van der Waals surface area contributed by atoms with Crippen molar-refractivity contribution in [2.45, 2.75) is 32.4 Å². The molecule has 7 nitrogen and oxygen atoms in total. The molecule has 6 rings (SSSR count). The van der Waals surface area contributed by atoms with E-state index in [0.29, 0.717) is 29.5 Å². The van der Waals surface area contributed by atoms with Crippen LogP contribution in [0.4, 0.5) is 5.69 Å². The molecule has 0 atom stereocenters. The number of aromatic nitrogens is 2. The van der Waals surface area contributed by atoms with Gasteiger partial charge in [-0.25, -0.2) is 4.79 Å². The average Bonchev–Trinajstić information content (AvgIpc) is 3.31. The Morgan fingerprint density at radius 2 is 1.61 bits per heavy atom. The summed E-state index contributed by atoms with van der Waals surface area (Å²) < 4.78 is 8.54. The third-order valence-electron chi connectivity index (χ3n) is 6.91. The smallest absolute Gasteiger partial charge is 0.332 e. The third kappa shape index (κ3) is 3.73. The van der Waals surface area contributed by atoms with Gasteiger partial charge in [0.1, 0.15) is 17.6 Å². The van der Waals surface area contributed by atoms with Crippen molar-refractivity contribution in [1.82, 2.24) is 9.13 Å². The van der Waals surface area contributed by atoms with E-state index in [1.54, 1.807) is 11.0 Å². The van der Waals surface area contributed by atoms with Crippen LogP contribution in [0.5, 0.6) is 0 Å². The molecule has 36 heavy (non-hydrogen) atoms. The molecule has 0 fully saturated rings. The molecule has 1 amide bonds. The average molecular weight is 480 g/mol. The highest BCUT2D eigenvalue weighted by atomic mass is 16.3. The molecular weight excluding hydrogens is 454 g/mol. The highest BCUT2D eigenvalue weighted by Crippen LogP contribution is 2.28. The highest BCUT2D eigenvalue weighted by Gasteiger charge is 2.26. The van der Waals surface area contributed by atoms with Crippen LogP contribution in [0.15, 0.2) is 92.9 Å². The van der Waals surface area contributed by atoms with E-state index < -0.39 is 11.2 Å². The maximum atomic E-state index is 13.7. The summed E-state index contributed by atoms with van der Waals surface area (Å²) in [7, 11) is 0. The Morgan fingerprint density at radius 1 is 0.861 bits per heavy atom. The van der Waals surface area contributed by atoms with Crippen molar-refractivity contribution in [3.05, 3.63) is 111 Å². The molecule has 0 saturated carbocycles. The van der Waals surface area contributed by atoms with E-state index in [1.165, 1.54) is 9.13 Å². The number of fused-ring (bicyclic) bond motifs is 4. The van der Waals surface area contributed by atoms with Gasteiger partial charge in [-0.1, -0.05) is 60.7 Å². The van der Waals surface area contributed by atoms with Crippen LogP contribution in [0, 0.1) is 0 Å². The van der Waals surface area contributed by atoms with Crippen molar-refractivity contribution in [3.8, 4) is 0 Å². The second-order valence-corrected chi connectivity index (χ2v) is 9.11. The third-order valence-corrected chi connectivity index (χ3v) is 6.91. The molecule has 0 radical (unpaired) electrons. The van der Waals surface area contributed by atoms with Crippen LogP contribution in [0.1, 0.15) is 17.5 Å². The van der Waals surface area contributed by atoms with E-state index in [-0.39, 0.29) is 24.6 Å². The van der Waals surface area contributed by atoms with Gasteiger partial charge in [-0.15, -0.1) is 0 Å². The summed E-state index contributed by atoms with van der Waals surface area (Å²) in [5.41, 5.74) is 3.01.